The van der Waals surface area contributed by atoms with Gasteiger partial charge in [0.1, 0.15) is 11.9 Å². The number of rotatable bonds is 7. The van der Waals surface area contributed by atoms with E-state index in [0.29, 0.717) is 16.9 Å². The van der Waals surface area contributed by atoms with Crippen LogP contribution in [-0.2, 0) is 9.59 Å². The number of aliphatic hydroxyl groups excluding tert-OH is 2. The fourth-order valence-corrected chi connectivity index (χ4v) is 2.33. The zero-order valence-electron chi connectivity index (χ0n) is 12.2. The van der Waals surface area contributed by atoms with Gasteiger partial charge in [0.2, 0.25) is 0 Å². The molecule has 22 heavy (non-hydrogen) atoms. The van der Waals surface area contributed by atoms with E-state index in [1.54, 1.807) is 12.1 Å². The molecule has 7 heteroatoms. The maximum Gasteiger partial charge on any atom is 0.328 e. The lowest BCUT2D eigenvalue weighted by atomic mass is 10.0. The monoisotopic (exact) mass is 326 g/mol. The summed E-state index contributed by atoms with van der Waals surface area (Å²) in [6.45, 7) is 1.38. The lowest BCUT2D eigenvalue weighted by molar-refractivity contribution is -0.131. The summed E-state index contributed by atoms with van der Waals surface area (Å²) >= 11 is 0.923. The molecule has 0 fully saturated rings. The van der Waals surface area contributed by atoms with Gasteiger partial charge in [-0.2, -0.15) is 0 Å². The van der Waals surface area contributed by atoms with Crippen molar-refractivity contribution >= 4 is 28.9 Å². The molecule has 2 atom stereocenters. The van der Waals surface area contributed by atoms with Gasteiger partial charge in [-0.1, -0.05) is 17.8 Å². The first-order valence-corrected chi connectivity index (χ1v) is 7.42. The molecule has 2 unspecified atom stereocenters. The number of aliphatic carboxylic acids is 1. The Morgan fingerprint density at radius 2 is 2.05 bits per heavy atom. The fourth-order valence-electron chi connectivity index (χ4n) is 1.74. The molecule has 0 spiro atoms. The van der Waals surface area contributed by atoms with Crippen LogP contribution in [-0.4, -0.2) is 45.4 Å². The number of aliphatic hydroxyl groups is 2. The van der Waals surface area contributed by atoms with Crippen molar-refractivity contribution in [3.8, 4) is 5.75 Å². The van der Waals surface area contributed by atoms with Crippen LogP contribution in [0.3, 0.4) is 0 Å². The number of hydrogen-bond acceptors (Lipinski definition) is 6. The third-order valence-corrected chi connectivity index (χ3v) is 3.74. The minimum Gasteiger partial charge on any atom is -0.496 e. The lowest BCUT2D eigenvalue weighted by Crippen LogP contribution is -2.21. The van der Waals surface area contributed by atoms with E-state index in [2.05, 4.69) is 0 Å². The van der Waals surface area contributed by atoms with Crippen molar-refractivity contribution in [2.24, 2.45) is 0 Å². The van der Waals surface area contributed by atoms with Crippen LogP contribution in [0.5, 0.6) is 5.75 Å². The summed E-state index contributed by atoms with van der Waals surface area (Å²) in [6.07, 6.45) is -0.00208. The van der Waals surface area contributed by atoms with E-state index in [1.165, 1.54) is 26.2 Å². The fraction of sp³-hybridized carbons (Fsp3) is 0.333. The van der Waals surface area contributed by atoms with Crippen molar-refractivity contribution in [1.82, 2.24) is 0 Å². The maximum absolute atomic E-state index is 10.9. The lowest BCUT2D eigenvalue weighted by Gasteiger charge is -2.18. The second-order valence-corrected chi connectivity index (χ2v) is 5.68. The zero-order chi connectivity index (χ0) is 16.7. The van der Waals surface area contributed by atoms with Crippen molar-refractivity contribution < 1.29 is 29.6 Å². The SMILES string of the molecule is COc1ccc(C(O)C(O)CSC(C)=O)cc1/C=C/C(=O)O. The van der Waals surface area contributed by atoms with E-state index in [4.69, 9.17) is 9.84 Å². The van der Waals surface area contributed by atoms with Gasteiger partial charge >= 0.3 is 5.97 Å². The Morgan fingerprint density at radius 3 is 2.59 bits per heavy atom. The topological polar surface area (TPSA) is 104 Å². The number of carboxylic acid groups (broad SMARTS) is 1. The van der Waals surface area contributed by atoms with Crippen LogP contribution in [0, 0.1) is 0 Å². The van der Waals surface area contributed by atoms with Crippen molar-refractivity contribution in [2.75, 3.05) is 12.9 Å². The zero-order valence-corrected chi connectivity index (χ0v) is 13.0. The van der Waals surface area contributed by atoms with E-state index >= 15 is 0 Å². The maximum atomic E-state index is 10.9. The standard InChI is InChI=1S/C15H18O6S/c1-9(16)22-8-12(17)15(20)11-3-5-13(21-2)10(7-11)4-6-14(18)19/h3-7,12,15,17,20H,8H2,1-2H3,(H,18,19)/b6-4+. The van der Waals surface area contributed by atoms with Gasteiger partial charge in [0.05, 0.1) is 13.2 Å². The minimum atomic E-state index is -1.19. The molecule has 1 aromatic carbocycles. The van der Waals surface area contributed by atoms with Crippen LogP contribution in [0.4, 0.5) is 0 Å². The molecule has 0 bridgehead atoms. The molecule has 0 saturated heterocycles. The first-order valence-electron chi connectivity index (χ1n) is 6.43. The van der Waals surface area contributed by atoms with Gasteiger partial charge in [0.15, 0.2) is 5.12 Å². The predicted octanol–water partition coefficient (Wildman–Crippen LogP) is 1.47. The van der Waals surface area contributed by atoms with Gasteiger partial charge in [-0.05, 0) is 23.8 Å². The molecule has 0 amide bonds. The average Bonchev–Trinajstić information content (AvgIpc) is 2.49. The molecule has 0 aromatic heterocycles. The summed E-state index contributed by atoms with van der Waals surface area (Å²) < 4.78 is 5.11. The summed E-state index contributed by atoms with van der Waals surface area (Å²) in [5.41, 5.74) is 0.871. The van der Waals surface area contributed by atoms with Crippen LogP contribution in [0.1, 0.15) is 24.2 Å². The highest BCUT2D eigenvalue weighted by molar-refractivity contribution is 8.13. The Morgan fingerprint density at radius 1 is 1.36 bits per heavy atom. The van der Waals surface area contributed by atoms with Crippen LogP contribution in [0.25, 0.3) is 6.08 Å². The molecule has 0 radical (unpaired) electrons. The normalized spacial score (nSPS) is 13.8. The highest BCUT2D eigenvalue weighted by atomic mass is 32.2. The smallest absolute Gasteiger partial charge is 0.328 e. The molecule has 1 aromatic rings. The summed E-state index contributed by atoms with van der Waals surface area (Å²) in [4.78, 5) is 21.5. The second-order valence-electron chi connectivity index (χ2n) is 4.49. The van der Waals surface area contributed by atoms with E-state index in [-0.39, 0.29) is 10.9 Å². The number of carboxylic acids is 1. The molecular formula is C15H18O6S. The van der Waals surface area contributed by atoms with Gasteiger partial charge in [-0.3, -0.25) is 4.79 Å². The van der Waals surface area contributed by atoms with Crippen LogP contribution < -0.4 is 4.74 Å². The largest absolute Gasteiger partial charge is 0.496 e. The Kier molecular flexibility index (Phi) is 7.10. The number of methoxy groups -OCH3 is 1. The molecule has 0 aliphatic rings. The Bertz CT molecular complexity index is 569. The van der Waals surface area contributed by atoms with Crippen molar-refractivity contribution in [3.05, 3.63) is 35.4 Å². The van der Waals surface area contributed by atoms with E-state index < -0.39 is 18.2 Å². The highest BCUT2D eigenvalue weighted by Crippen LogP contribution is 2.27. The number of carbonyl (C=O) groups is 2. The molecule has 0 aliphatic carbocycles. The van der Waals surface area contributed by atoms with E-state index in [9.17, 15) is 19.8 Å². The first kappa shape index (κ1) is 18.2. The molecule has 0 saturated carbocycles. The predicted molar refractivity (Wildman–Crippen MR) is 83.8 cm³/mol. The van der Waals surface area contributed by atoms with Crippen molar-refractivity contribution in [2.45, 2.75) is 19.1 Å². The van der Waals surface area contributed by atoms with Crippen LogP contribution in [0.2, 0.25) is 0 Å². The molecule has 3 N–H and O–H groups in total. The third-order valence-electron chi connectivity index (χ3n) is 2.82. The molecular weight excluding hydrogens is 308 g/mol. The summed E-state index contributed by atoms with van der Waals surface area (Å²) in [7, 11) is 1.45. The third kappa shape index (κ3) is 5.51. The first-order chi connectivity index (χ1) is 10.3. The number of hydrogen-bond donors (Lipinski definition) is 3. The number of ether oxygens (including phenoxy) is 1. The van der Waals surface area contributed by atoms with Gasteiger partial charge in [0, 0.05) is 24.3 Å². The van der Waals surface area contributed by atoms with Crippen molar-refractivity contribution in [1.29, 1.82) is 0 Å². The summed E-state index contributed by atoms with van der Waals surface area (Å²) in [5.74, 6) is -0.588. The van der Waals surface area contributed by atoms with Gasteiger partial charge in [-0.25, -0.2) is 4.79 Å². The van der Waals surface area contributed by atoms with E-state index in [1.807, 2.05) is 0 Å². The number of thioether (sulfide) groups is 1. The number of benzene rings is 1. The van der Waals surface area contributed by atoms with Gasteiger partial charge in [0.25, 0.3) is 0 Å². The highest BCUT2D eigenvalue weighted by Gasteiger charge is 2.20. The Hall–Kier alpha value is -1.83. The second kappa shape index (κ2) is 8.57. The quantitative estimate of drug-likeness (QED) is 0.652. The van der Waals surface area contributed by atoms with Crippen LogP contribution in [0.15, 0.2) is 24.3 Å². The van der Waals surface area contributed by atoms with Gasteiger partial charge < -0.3 is 20.1 Å². The van der Waals surface area contributed by atoms with E-state index in [0.717, 1.165) is 17.8 Å². The molecule has 120 valence electrons. The summed E-state index contributed by atoms with van der Waals surface area (Å²) in [6, 6.07) is 4.68. The molecule has 0 heterocycles. The van der Waals surface area contributed by atoms with Crippen LogP contribution >= 0.6 is 11.8 Å². The molecule has 1 rings (SSSR count). The number of carbonyl (C=O) groups excluding carboxylic acids is 1. The summed E-state index contributed by atoms with van der Waals surface area (Å²) in [5, 5.41) is 28.5. The molecule has 6 nitrogen and oxygen atoms in total. The molecule has 0 aliphatic heterocycles. The Labute approximate surface area is 132 Å². The van der Waals surface area contributed by atoms with Gasteiger partial charge in [-0.15, -0.1) is 0 Å². The Balaban J connectivity index is 2.97. The minimum absolute atomic E-state index is 0.0722. The average molecular weight is 326 g/mol. The van der Waals surface area contributed by atoms with Crippen molar-refractivity contribution in [3.63, 3.8) is 0 Å².